The van der Waals surface area contributed by atoms with E-state index in [0.717, 1.165) is 56.3 Å². The number of Topliss-reactive ketones (excluding diaryl/α,β-unsaturated/α-hetero) is 1. The normalized spacial score (nSPS) is 21.5. The Bertz CT molecular complexity index is 517. The lowest BCUT2D eigenvalue weighted by Crippen LogP contribution is -2.32. The summed E-state index contributed by atoms with van der Waals surface area (Å²) in [5, 5.41) is 10.3. The van der Waals surface area contributed by atoms with Gasteiger partial charge in [-0.25, -0.2) is 0 Å². The van der Waals surface area contributed by atoms with Crippen LogP contribution in [0.4, 0.5) is 0 Å². The molecule has 2 rings (SSSR count). The van der Waals surface area contributed by atoms with Crippen molar-refractivity contribution in [2.45, 2.75) is 77.6 Å². The number of hydrogen-bond donors (Lipinski definition) is 1. The molecule has 1 saturated heterocycles. The molecule has 134 valence electrons. The zero-order chi connectivity index (χ0) is 17.5. The van der Waals surface area contributed by atoms with E-state index in [9.17, 15) is 19.5 Å². The second kappa shape index (κ2) is 9.00. The van der Waals surface area contributed by atoms with Crippen molar-refractivity contribution >= 4 is 17.6 Å². The Kier molecular flexibility index (Phi) is 7.00. The first kappa shape index (κ1) is 18.7. The van der Waals surface area contributed by atoms with Crippen LogP contribution in [-0.4, -0.2) is 34.1 Å². The average Bonchev–Trinajstić information content (AvgIpc) is 2.87. The van der Waals surface area contributed by atoms with E-state index in [-0.39, 0.29) is 30.2 Å². The fourth-order valence-corrected chi connectivity index (χ4v) is 3.64. The highest BCUT2D eigenvalue weighted by molar-refractivity contribution is 6.29. The molecule has 0 aromatic heterocycles. The van der Waals surface area contributed by atoms with Crippen LogP contribution in [0.25, 0.3) is 0 Å². The van der Waals surface area contributed by atoms with E-state index in [0.29, 0.717) is 12.3 Å². The number of aliphatic hydroxyl groups is 1. The summed E-state index contributed by atoms with van der Waals surface area (Å²) in [4.78, 5) is 37.7. The van der Waals surface area contributed by atoms with Crippen molar-refractivity contribution in [3.8, 4) is 0 Å². The maximum atomic E-state index is 12.4. The molecule has 0 aromatic carbocycles. The molecule has 2 aliphatic rings. The summed E-state index contributed by atoms with van der Waals surface area (Å²) < 4.78 is 0. The van der Waals surface area contributed by atoms with Crippen molar-refractivity contribution in [2.24, 2.45) is 5.92 Å². The van der Waals surface area contributed by atoms with Crippen LogP contribution in [0.3, 0.4) is 0 Å². The first-order valence-electron chi connectivity index (χ1n) is 9.34. The van der Waals surface area contributed by atoms with Gasteiger partial charge < -0.3 is 5.11 Å². The molecule has 0 radical (unpaired) electrons. The summed E-state index contributed by atoms with van der Waals surface area (Å²) in [6.45, 7) is 1.88. The molecule has 1 saturated carbocycles. The van der Waals surface area contributed by atoms with Gasteiger partial charge in [-0.15, -0.1) is 0 Å². The molecule has 5 heteroatoms. The Morgan fingerprint density at radius 3 is 2.50 bits per heavy atom. The molecular weight excluding hydrogens is 306 g/mol. The van der Waals surface area contributed by atoms with Crippen LogP contribution < -0.4 is 0 Å². The quantitative estimate of drug-likeness (QED) is 0.333. The van der Waals surface area contributed by atoms with Crippen molar-refractivity contribution < 1.29 is 19.5 Å². The highest BCUT2D eigenvalue weighted by Gasteiger charge is 2.39. The third-order valence-corrected chi connectivity index (χ3v) is 5.08. The number of allylic oxidation sites excluding steroid dienone is 1. The molecule has 1 aliphatic heterocycles. The van der Waals surface area contributed by atoms with E-state index >= 15 is 0 Å². The van der Waals surface area contributed by atoms with Gasteiger partial charge in [0.15, 0.2) is 5.78 Å². The van der Waals surface area contributed by atoms with Gasteiger partial charge in [-0.3, -0.25) is 19.3 Å². The maximum absolute atomic E-state index is 12.4. The Labute approximate surface area is 144 Å². The highest BCUT2D eigenvalue weighted by atomic mass is 16.3. The molecule has 1 N–H and O–H groups in total. The monoisotopic (exact) mass is 335 g/mol. The number of amides is 2. The van der Waals surface area contributed by atoms with Crippen molar-refractivity contribution in [1.82, 2.24) is 4.90 Å². The fourth-order valence-electron chi connectivity index (χ4n) is 3.64. The van der Waals surface area contributed by atoms with Gasteiger partial charge in [0.25, 0.3) is 5.91 Å². The molecule has 0 bridgehead atoms. The molecule has 0 aromatic rings. The molecule has 0 unspecified atom stereocenters. The Morgan fingerprint density at radius 2 is 1.83 bits per heavy atom. The summed E-state index contributed by atoms with van der Waals surface area (Å²) in [5.41, 5.74) is -0.150. The van der Waals surface area contributed by atoms with Gasteiger partial charge in [0.1, 0.15) is 11.3 Å². The maximum Gasteiger partial charge on any atom is 0.268 e. The highest BCUT2D eigenvalue weighted by Crippen LogP contribution is 2.30. The zero-order valence-corrected chi connectivity index (χ0v) is 14.7. The third-order valence-electron chi connectivity index (χ3n) is 5.08. The molecule has 0 atom stereocenters. The molecule has 1 aliphatic carbocycles. The summed E-state index contributed by atoms with van der Waals surface area (Å²) >= 11 is 0. The van der Waals surface area contributed by atoms with Gasteiger partial charge in [-0.05, 0) is 12.3 Å². The topological polar surface area (TPSA) is 74.7 Å². The van der Waals surface area contributed by atoms with Gasteiger partial charge in [-0.1, -0.05) is 58.3 Å². The predicted octanol–water partition coefficient (Wildman–Crippen LogP) is 3.68. The lowest BCUT2D eigenvalue weighted by Gasteiger charge is -2.21. The van der Waals surface area contributed by atoms with Crippen molar-refractivity contribution in [3.63, 3.8) is 0 Å². The summed E-state index contributed by atoms with van der Waals surface area (Å²) in [5.74, 6) is -1.10. The van der Waals surface area contributed by atoms with Gasteiger partial charge in [0.2, 0.25) is 5.91 Å². The van der Waals surface area contributed by atoms with Crippen LogP contribution in [0, 0.1) is 5.92 Å². The van der Waals surface area contributed by atoms with Crippen molar-refractivity contribution in [2.75, 3.05) is 6.54 Å². The fraction of sp³-hybridized carbons (Fsp3) is 0.737. The number of nitrogens with zero attached hydrogens (tertiary/aromatic N) is 1. The summed E-state index contributed by atoms with van der Waals surface area (Å²) in [6.07, 6.45) is 10.0. The second-order valence-electron chi connectivity index (χ2n) is 7.05. The molecule has 1 heterocycles. The molecule has 2 amide bonds. The second-order valence-corrected chi connectivity index (χ2v) is 7.05. The van der Waals surface area contributed by atoms with Crippen molar-refractivity contribution in [1.29, 1.82) is 0 Å². The average molecular weight is 335 g/mol. The predicted molar refractivity (Wildman–Crippen MR) is 91.3 cm³/mol. The molecule has 2 fully saturated rings. The summed E-state index contributed by atoms with van der Waals surface area (Å²) in [7, 11) is 0. The largest absolute Gasteiger partial charge is 0.511 e. The van der Waals surface area contributed by atoms with E-state index in [2.05, 4.69) is 6.92 Å². The minimum Gasteiger partial charge on any atom is -0.511 e. The number of imide groups is 1. The van der Waals surface area contributed by atoms with E-state index < -0.39 is 11.7 Å². The van der Waals surface area contributed by atoms with E-state index in [1.54, 1.807) is 0 Å². The molecule has 5 nitrogen and oxygen atoms in total. The summed E-state index contributed by atoms with van der Waals surface area (Å²) in [6, 6.07) is 0. The number of likely N-dealkylation sites (tertiary alicyclic amines) is 1. The zero-order valence-electron chi connectivity index (χ0n) is 14.7. The van der Waals surface area contributed by atoms with Gasteiger partial charge in [0.05, 0.1) is 6.54 Å². The van der Waals surface area contributed by atoms with E-state index in [4.69, 9.17) is 0 Å². The molecular formula is C19H29NO4. The van der Waals surface area contributed by atoms with Crippen LogP contribution in [0.2, 0.25) is 0 Å². The van der Waals surface area contributed by atoms with Crippen LogP contribution >= 0.6 is 0 Å². The number of hydrogen-bond acceptors (Lipinski definition) is 4. The van der Waals surface area contributed by atoms with Crippen molar-refractivity contribution in [3.05, 3.63) is 11.3 Å². The van der Waals surface area contributed by atoms with Crippen LogP contribution in [0.5, 0.6) is 0 Å². The number of unbranched alkanes of at least 4 members (excludes halogenated alkanes) is 3. The van der Waals surface area contributed by atoms with Gasteiger partial charge in [0, 0.05) is 12.8 Å². The first-order valence-corrected chi connectivity index (χ1v) is 9.34. The van der Waals surface area contributed by atoms with E-state index in [1.165, 1.54) is 6.42 Å². The Balaban J connectivity index is 1.96. The number of carbonyl (C=O) groups excluding carboxylic acids is 3. The van der Waals surface area contributed by atoms with Crippen LogP contribution in [0.1, 0.15) is 77.6 Å². The van der Waals surface area contributed by atoms with Gasteiger partial charge in [-0.2, -0.15) is 0 Å². The number of carbonyl (C=O) groups is 3. The molecule has 24 heavy (non-hydrogen) atoms. The lowest BCUT2D eigenvalue weighted by molar-refractivity contribution is -0.141. The Hall–Kier alpha value is -1.65. The number of rotatable bonds is 7. The minimum absolute atomic E-state index is 0.113. The van der Waals surface area contributed by atoms with Crippen LogP contribution in [0.15, 0.2) is 11.3 Å². The standard InChI is InChI=1S/C19H29NO4/c1-2-3-4-8-11-17(23)20-13-16(22)18(19(20)24)15(21)12-14-9-6-5-7-10-14/h14,21H,2-13H2,1H3/b18-15-. The first-order chi connectivity index (χ1) is 11.5. The number of ketones is 1. The van der Waals surface area contributed by atoms with Gasteiger partial charge >= 0.3 is 0 Å². The number of aliphatic hydroxyl groups excluding tert-OH is 1. The smallest absolute Gasteiger partial charge is 0.268 e. The lowest BCUT2D eigenvalue weighted by atomic mass is 9.86. The third kappa shape index (κ3) is 4.68. The SMILES string of the molecule is CCCCCCC(=O)N1CC(=O)/C(=C(/O)CC2CCCCC2)C1=O. The minimum atomic E-state index is -0.603. The van der Waals surface area contributed by atoms with E-state index in [1.807, 2.05) is 0 Å². The Morgan fingerprint density at radius 1 is 1.12 bits per heavy atom. The molecule has 0 spiro atoms. The van der Waals surface area contributed by atoms with Crippen LogP contribution in [-0.2, 0) is 14.4 Å².